The highest BCUT2D eigenvalue weighted by Gasteiger charge is 2.11. The van der Waals surface area contributed by atoms with E-state index in [9.17, 15) is 9.90 Å². The summed E-state index contributed by atoms with van der Waals surface area (Å²) in [6.07, 6.45) is 4.16. The van der Waals surface area contributed by atoms with Gasteiger partial charge < -0.3 is 9.52 Å². The van der Waals surface area contributed by atoms with E-state index in [-0.39, 0.29) is 11.4 Å². The van der Waals surface area contributed by atoms with Gasteiger partial charge in [-0.05, 0) is 37.5 Å². The maximum absolute atomic E-state index is 12.1. The first-order chi connectivity index (χ1) is 10.6. The fourth-order valence-electron chi connectivity index (χ4n) is 2.89. The molecule has 3 heteroatoms. The van der Waals surface area contributed by atoms with E-state index in [0.717, 1.165) is 47.6 Å². The predicted octanol–water partition coefficient (Wildman–Crippen LogP) is 4.69. The number of aryl methyl sites for hydroxylation is 2. The minimum atomic E-state index is -0.361. The second-order valence-corrected chi connectivity index (χ2v) is 5.87. The minimum absolute atomic E-state index is 0.207. The van der Waals surface area contributed by atoms with E-state index >= 15 is 0 Å². The van der Waals surface area contributed by atoms with Crippen LogP contribution in [0, 0.1) is 6.92 Å². The summed E-state index contributed by atoms with van der Waals surface area (Å²) < 4.78 is 5.36. The van der Waals surface area contributed by atoms with Crippen LogP contribution in [0.15, 0.2) is 39.5 Å². The highest BCUT2D eigenvalue weighted by Crippen LogP contribution is 2.30. The molecule has 0 atom stereocenters. The first-order valence-electron chi connectivity index (χ1n) is 7.79. The zero-order valence-corrected chi connectivity index (χ0v) is 13.0. The number of hydrogen-bond acceptors (Lipinski definition) is 3. The Hall–Kier alpha value is -2.29. The van der Waals surface area contributed by atoms with Crippen molar-refractivity contribution in [1.29, 1.82) is 0 Å². The second kappa shape index (κ2) is 5.84. The Morgan fingerprint density at radius 3 is 2.64 bits per heavy atom. The number of fused-ring (bicyclic) bond motifs is 3. The second-order valence-electron chi connectivity index (χ2n) is 5.87. The van der Waals surface area contributed by atoms with Crippen molar-refractivity contribution >= 4 is 21.7 Å². The van der Waals surface area contributed by atoms with Crippen LogP contribution in [0.25, 0.3) is 21.7 Å². The van der Waals surface area contributed by atoms with Crippen LogP contribution in [0.3, 0.4) is 0 Å². The number of rotatable bonds is 4. The largest absolute Gasteiger partial charge is 0.508 e. The maximum Gasteiger partial charge on any atom is 0.344 e. The number of aromatic hydroxyl groups is 1. The fourth-order valence-corrected chi connectivity index (χ4v) is 2.89. The van der Waals surface area contributed by atoms with Gasteiger partial charge in [-0.2, -0.15) is 0 Å². The van der Waals surface area contributed by atoms with E-state index in [4.69, 9.17) is 4.42 Å². The van der Waals surface area contributed by atoms with Gasteiger partial charge in [0, 0.05) is 16.8 Å². The van der Waals surface area contributed by atoms with E-state index in [0.29, 0.717) is 11.0 Å². The average molecular weight is 296 g/mol. The van der Waals surface area contributed by atoms with Gasteiger partial charge in [-0.15, -0.1) is 0 Å². The monoisotopic (exact) mass is 296 g/mol. The van der Waals surface area contributed by atoms with Gasteiger partial charge in [-0.25, -0.2) is 4.79 Å². The normalized spacial score (nSPS) is 11.4. The molecule has 2 aromatic carbocycles. The van der Waals surface area contributed by atoms with Crippen LogP contribution in [-0.4, -0.2) is 5.11 Å². The van der Waals surface area contributed by atoms with E-state index in [1.54, 1.807) is 12.1 Å². The van der Waals surface area contributed by atoms with Crippen molar-refractivity contribution in [3.05, 3.63) is 51.9 Å². The summed E-state index contributed by atoms with van der Waals surface area (Å²) in [5.74, 6) is 0.207. The van der Waals surface area contributed by atoms with Crippen LogP contribution >= 0.6 is 0 Å². The molecule has 0 saturated heterocycles. The molecule has 0 fully saturated rings. The zero-order valence-electron chi connectivity index (χ0n) is 13.0. The van der Waals surface area contributed by atoms with Gasteiger partial charge in [0.2, 0.25) is 0 Å². The van der Waals surface area contributed by atoms with Crippen LogP contribution in [-0.2, 0) is 6.42 Å². The number of unbranched alkanes of at least 4 members (excludes halogenated alkanes) is 2. The lowest BCUT2D eigenvalue weighted by Gasteiger charge is -2.08. The van der Waals surface area contributed by atoms with E-state index in [1.807, 2.05) is 25.1 Å². The van der Waals surface area contributed by atoms with Crippen molar-refractivity contribution in [3.8, 4) is 5.75 Å². The van der Waals surface area contributed by atoms with Gasteiger partial charge in [0.25, 0.3) is 0 Å². The number of hydrogen-bond donors (Lipinski definition) is 1. The SMILES string of the molecule is CCCCCc1cc2c(cc1O)oc(=O)c1ccc(C)cc12. The van der Waals surface area contributed by atoms with Gasteiger partial charge >= 0.3 is 5.63 Å². The molecule has 0 amide bonds. The molecule has 0 unspecified atom stereocenters. The summed E-state index contributed by atoms with van der Waals surface area (Å²) in [7, 11) is 0. The molecular weight excluding hydrogens is 276 g/mol. The quantitative estimate of drug-likeness (QED) is 0.431. The van der Waals surface area contributed by atoms with Crippen LogP contribution in [0.4, 0.5) is 0 Å². The molecule has 0 aliphatic heterocycles. The Bertz CT molecular complexity index is 890. The highest BCUT2D eigenvalue weighted by atomic mass is 16.4. The number of phenolic OH excluding ortho intramolecular Hbond substituents is 1. The van der Waals surface area contributed by atoms with Crippen LogP contribution in [0.5, 0.6) is 5.75 Å². The van der Waals surface area contributed by atoms with Crippen LogP contribution < -0.4 is 5.63 Å². The lowest BCUT2D eigenvalue weighted by molar-refractivity contribution is 0.465. The lowest BCUT2D eigenvalue weighted by atomic mass is 10.00. The van der Waals surface area contributed by atoms with Crippen molar-refractivity contribution in [2.24, 2.45) is 0 Å². The van der Waals surface area contributed by atoms with Gasteiger partial charge in [0.05, 0.1) is 5.39 Å². The zero-order chi connectivity index (χ0) is 15.7. The summed E-state index contributed by atoms with van der Waals surface area (Å²) in [6.45, 7) is 4.16. The standard InChI is InChI=1S/C19H20O3/c1-3-4-5-6-13-10-16-15-9-12(2)7-8-14(15)19(21)22-18(16)11-17(13)20/h7-11,20H,3-6H2,1-2H3. The third kappa shape index (κ3) is 2.59. The van der Waals surface area contributed by atoms with Crippen molar-refractivity contribution in [1.82, 2.24) is 0 Å². The lowest BCUT2D eigenvalue weighted by Crippen LogP contribution is -2.00. The van der Waals surface area contributed by atoms with Gasteiger partial charge in [-0.3, -0.25) is 0 Å². The molecule has 0 spiro atoms. The molecule has 22 heavy (non-hydrogen) atoms. The van der Waals surface area contributed by atoms with E-state index in [2.05, 4.69) is 6.92 Å². The molecule has 3 nitrogen and oxygen atoms in total. The molecular formula is C19H20O3. The Balaban J connectivity index is 2.24. The summed E-state index contributed by atoms with van der Waals surface area (Å²) >= 11 is 0. The van der Waals surface area contributed by atoms with Crippen LogP contribution in [0.2, 0.25) is 0 Å². The molecule has 3 aromatic rings. The van der Waals surface area contributed by atoms with E-state index < -0.39 is 0 Å². The molecule has 0 radical (unpaired) electrons. The first kappa shape index (κ1) is 14.6. The summed E-state index contributed by atoms with van der Waals surface area (Å²) in [6, 6.07) is 9.25. The Morgan fingerprint density at radius 2 is 1.86 bits per heavy atom. The van der Waals surface area contributed by atoms with Crippen molar-refractivity contribution in [3.63, 3.8) is 0 Å². The fraction of sp³-hybridized carbons (Fsp3) is 0.316. The number of benzene rings is 2. The number of phenols is 1. The highest BCUT2D eigenvalue weighted by molar-refractivity contribution is 6.05. The molecule has 0 aliphatic rings. The summed E-state index contributed by atoms with van der Waals surface area (Å²) in [5, 5.41) is 12.5. The molecule has 0 aliphatic carbocycles. The molecule has 1 heterocycles. The van der Waals surface area contributed by atoms with Crippen molar-refractivity contribution < 1.29 is 9.52 Å². The first-order valence-corrected chi connectivity index (χ1v) is 7.79. The molecule has 0 bridgehead atoms. The Labute approximate surface area is 129 Å². The van der Waals surface area contributed by atoms with Gasteiger partial charge in [0.15, 0.2) is 0 Å². The third-order valence-corrected chi connectivity index (χ3v) is 4.12. The maximum atomic E-state index is 12.1. The molecule has 114 valence electrons. The molecule has 1 aromatic heterocycles. The third-order valence-electron chi connectivity index (χ3n) is 4.12. The Morgan fingerprint density at radius 1 is 1.05 bits per heavy atom. The minimum Gasteiger partial charge on any atom is -0.508 e. The average Bonchev–Trinajstić information content (AvgIpc) is 2.48. The molecule has 0 saturated carbocycles. The van der Waals surface area contributed by atoms with Gasteiger partial charge in [0.1, 0.15) is 11.3 Å². The van der Waals surface area contributed by atoms with Crippen molar-refractivity contribution in [2.75, 3.05) is 0 Å². The Kier molecular flexibility index (Phi) is 3.88. The topological polar surface area (TPSA) is 50.4 Å². The molecule has 3 rings (SSSR count). The van der Waals surface area contributed by atoms with Crippen molar-refractivity contribution in [2.45, 2.75) is 39.5 Å². The van der Waals surface area contributed by atoms with E-state index in [1.165, 1.54) is 0 Å². The predicted molar refractivity (Wildman–Crippen MR) is 89.6 cm³/mol. The summed E-state index contributed by atoms with van der Waals surface area (Å²) in [5.41, 5.74) is 2.10. The van der Waals surface area contributed by atoms with Crippen LogP contribution in [0.1, 0.15) is 37.3 Å². The summed E-state index contributed by atoms with van der Waals surface area (Å²) in [4.78, 5) is 12.1. The van der Waals surface area contributed by atoms with Gasteiger partial charge in [-0.1, -0.05) is 37.5 Å². The molecule has 1 N–H and O–H groups in total. The smallest absolute Gasteiger partial charge is 0.344 e.